The van der Waals surface area contributed by atoms with Crippen LogP contribution in [0.1, 0.15) is 15.9 Å². The van der Waals surface area contributed by atoms with Crippen LogP contribution in [0, 0.1) is 0 Å². The Labute approximate surface area is 125 Å². The summed E-state index contributed by atoms with van der Waals surface area (Å²) < 4.78 is 44.6. The predicted octanol–water partition coefficient (Wildman–Crippen LogP) is 3.75. The summed E-state index contributed by atoms with van der Waals surface area (Å²) in [5.41, 5.74) is 3.19. The molecular weight excluding hydrogens is 353 g/mol. The number of aromatic nitrogens is 1. The molecule has 0 bridgehead atoms. The molecule has 0 aliphatic heterocycles. The summed E-state index contributed by atoms with van der Waals surface area (Å²) in [5.74, 6) is -0.977. The number of rotatable bonds is 3. The van der Waals surface area contributed by atoms with Gasteiger partial charge in [0.1, 0.15) is 11.5 Å². The van der Waals surface area contributed by atoms with Gasteiger partial charge in [-0.3, -0.25) is 9.78 Å². The topological polar surface area (TPSA) is 65.2 Å². The second-order valence-corrected chi connectivity index (χ2v) is 4.93. The first-order chi connectivity index (χ1) is 9.77. The van der Waals surface area contributed by atoms with Gasteiger partial charge >= 0.3 is 6.18 Å². The summed E-state index contributed by atoms with van der Waals surface area (Å²) in [6, 6.07) is 4.48. The molecule has 0 saturated heterocycles. The Kier molecular flexibility index (Phi) is 4.17. The third-order valence-electron chi connectivity index (χ3n) is 2.48. The molecule has 1 heterocycles. The van der Waals surface area contributed by atoms with Crippen molar-refractivity contribution in [3.63, 3.8) is 0 Å². The lowest BCUT2D eigenvalue weighted by Gasteiger charge is -2.13. The number of hydrogen-bond acceptors (Lipinski definition) is 3. The van der Waals surface area contributed by atoms with Crippen LogP contribution >= 0.6 is 15.9 Å². The van der Waals surface area contributed by atoms with Crippen molar-refractivity contribution in [1.29, 1.82) is 0 Å². The van der Waals surface area contributed by atoms with E-state index in [0.717, 1.165) is 12.1 Å². The molecule has 0 unspecified atom stereocenters. The Morgan fingerprint density at radius 3 is 2.48 bits per heavy atom. The smallest absolute Gasteiger partial charge is 0.417 e. The van der Waals surface area contributed by atoms with Crippen molar-refractivity contribution in [3.8, 4) is 11.5 Å². The van der Waals surface area contributed by atoms with Crippen molar-refractivity contribution in [3.05, 3.63) is 52.3 Å². The third kappa shape index (κ3) is 3.72. The van der Waals surface area contributed by atoms with Crippen molar-refractivity contribution in [2.75, 3.05) is 0 Å². The molecule has 4 nitrogen and oxygen atoms in total. The number of nitrogens with two attached hydrogens (primary N) is 1. The number of primary amides is 1. The highest BCUT2D eigenvalue weighted by Gasteiger charge is 2.35. The predicted molar refractivity (Wildman–Crippen MR) is 72.0 cm³/mol. The average Bonchev–Trinajstić information content (AvgIpc) is 2.37. The molecule has 0 atom stereocenters. The van der Waals surface area contributed by atoms with E-state index in [-0.39, 0.29) is 11.5 Å². The van der Waals surface area contributed by atoms with Crippen LogP contribution in [0.25, 0.3) is 0 Å². The molecule has 0 aliphatic rings. The number of hydrogen-bond donors (Lipinski definition) is 1. The van der Waals surface area contributed by atoms with Crippen LogP contribution < -0.4 is 10.5 Å². The van der Waals surface area contributed by atoms with Gasteiger partial charge in [-0.25, -0.2) is 0 Å². The Hall–Kier alpha value is -2.09. The molecule has 2 rings (SSSR count). The fourth-order valence-corrected chi connectivity index (χ4v) is 1.96. The minimum Gasteiger partial charge on any atom is -0.456 e. The minimum atomic E-state index is -4.71. The third-order valence-corrected chi connectivity index (χ3v) is 2.91. The summed E-state index contributed by atoms with van der Waals surface area (Å²) in [5, 5.41) is 0. The van der Waals surface area contributed by atoms with Crippen molar-refractivity contribution >= 4 is 21.8 Å². The van der Waals surface area contributed by atoms with Crippen molar-refractivity contribution in [2.45, 2.75) is 6.18 Å². The summed E-state index contributed by atoms with van der Waals surface area (Å²) in [4.78, 5) is 14.9. The molecule has 1 aromatic carbocycles. The maximum absolute atomic E-state index is 12.9. The van der Waals surface area contributed by atoms with Gasteiger partial charge in [0.05, 0.1) is 17.3 Å². The van der Waals surface area contributed by atoms with Gasteiger partial charge in [0.2, 0.25) is 5.91 Å². The zero-order valence-corrected chi connectivity index (χ0v) is 11.9. The van der Waals surface area contributed by atoms with Gasteiger partial charge < -0.3 is 10.5 Å². The van der Waals surface area contributed by atoms with Crippen molar-refractivity contribution in [1.82, 2.24) is 4.98 Å². The highest BCUT2D eigenvalue weighted by atomic mass is 79.9. The van der Waals surface area contributed by atoms with Gasteiger partial charge in [0.15, 0.2) is 0 Å². The lowest BCUT2D eigenvalue weighted by Crippen LogP contribution is -2.18. The molecule has 1 aromatic heterocycles. The summed E-state index contributed by atoms with van der Waals surface area (Å²) in [6.07, 6.45) is -1.86. The van der Waals surface area contributed by atoms with Crippen LogP contribution in [-0.2, 0) is 6.18 Å². The molecule has 0 aliphatic carbocycles. The van der Waals surface area contributed by atoms with Crippen LogP contribution in [-0.4, -0.2) is 10.9 Å². The highest BCUT2D eigenvalue weighted by molar-refractivity contribution is 9.10. The van der Waals surface area contributed by atoms with Crippen LogP contribution in [0.15, 0.2) is 41.1 Å². The number of ether oxygens (including phenoxy) is 1. The van der Waals surface area contributed by atoms with Gasteiger partial charge in [-0.2, -0.15) is 13.2 Å². The Morgan fingerprint density at radius 1 is 1.19 bits per heavy atom. The van der Waals surface area contributed by atoms with Crippen LogP contribution in [0.2, 0.25) is 0 Å². The van der Waals surface area contributed by atoms with E-state index in [1.54, 1.807) is 6.07 Å². The van der Waals surface area contributed by atoms with Crippen LogP contribution in [0.5, 0.6) is 11.5 Å². The molecule has 2 aromatic rings. The number of amides is 1. The molecule has 1 amide bonds. The lowest BCUT2D eigenvalue weighted by molar-refractivity contribution is -0.138. The Bertz CT molecular complexity index is 689. The zero-order valence-electron chi connectivity index (χ0n) is 10.3. The van der Waals surface area contributed by atoms with Gasteiger partial charge in [-0.1, -0.05) is 0 Å². The highest BCUT2D eigenvalue weighted by Crippen LogP contribution is 2.35. The summed E-state index contributed by atoms with van der Waals surface area (Å²) >= 11 is 3.17. The molecule has 8 heteroatoms. The number of halogens is 4. The quantitative estimate of drug-likeness (QED) is 0.906. The van der Waals surface area contributed by atoms with Gasteiger partial charge in [-0.15, -0.1) is 0 Å². The van der Waals surface area contributed by atoms with Crippen molar-refractivity contribution in [2.24, 2.45) is 5.73 Å². The standard InChI is InChI=1S/C13H8BrF3N2O2/c14-7-3-9(6-19-5-7)21-8-1-2-10(12(18)20)11(4-8)13(15,16)17/h1-6H,(H2,18,20). The Balaban J connectivity index is 2.40. The van der Waals surface area contributed by atoms with E-state index in [4.69, 9.17) is 10.5 Å². The SMILES string of the molecule is NC(=O)c1ccc(Oc2cncc(Br)c2)cc1C(F)(F)F. The molecule has 2 N–H and O–H groups in total. The first-order valence-corrected chi connectivity index (χ1v) is 6.36. The molecule has 0 saturated carbocycles. The molecular formula is C13H8BrF3N2O2. The second kappa shape index (κ2) is 5.72. The molecule has 0 fully saturated rings. The molecule has 110 valence electrons. The fourth-order valence-electron chi connectivity index (χ4n) is 1.62. The van der Waals surface area contributed by atoms with Crippen molar-refractivity contribution < 1.29 is 22.7 Å². The molecule has 0 radical (unpaired) electrons. The van der Waals surface area contributed by atoms with Gasteiger partial charge in [0, 0.05) is 10.7 Å². The Morgan fingerprint density at radius 2 is 1.90 bits per heavy atom. The van der Waals surface area contributed by atoms with Crippen LogP contribution in [0.4, 0.5) is 13.2 Å². The maximum Gasteiger partial charge on any atom is 0.417 e. The minimum absolute atomic E-state index is 0.0766. The molecule has 21 heavy (non-hydrogen) atoms. The van der Waals surface area contributed by atoms with Gasteiger partial charge in [-0.05, 0) is 40.2 Å². The van der Waals surface area contributed by atoms with E-state index in [0.29, 0.717) is 4.47 Å². The molecule has 0 spiro atoms. The number of nitrogens with zero attached hydrogens (tertiary/aromatic N) is 1. The normalized spacial score (nSPS) is 11.2. The van der Waals surface area contributed by atoms with E-state index < -0.39 is 23.2 Å². The monoisotopic (exact) mass is 360 g/mol. The van der Waals surface area contributed by atoms with Crippen LogP contribution in [0.3, 0.4) is 0 Å². The van der Waals surface area contributed by atoms with E-state index in [9.17, 15) is 18.0 Å². The largest absolute Gasteiger partial charge is 0.456 e. The average molecular weight is 361 g/mol. The first kappa shape index (κ1) is 15.3. The summed E-state index contributed by atoms with van der Waals surface area (Å²) in [7, 11) is 0. The van der Waals surface area contributed by atoms with E-state index in [1.807, 2.05) is 0 Å². The maximum atomic E-state index is 12.9. The number of alkyl halides is 3. The number of carbonyl (C=O) groups excluding carboxylic acids is 1. The number of pyridine rings is 1. The second-order valence-electron chi connectivity index (χ2n) is 4.01. The van der Waals surface area contributed by atoms with E-state index >= 15 is 0 Å². The number of benzene rings is 1. The number of carbonyl (C=O) groups is 1. The zero-order chi connectivity index (χ0) is 15.6. The van der Waals surface area contributed by atoms with E-state index in [2.05, 4.69) is 20.9 Å². The first-order valence-electron chi connectivity index (χ1n) is 5.57. The van der Waals surface area contributed by atoms with E-state index in [1.165, 1.54) is 18.5 Å². The van der Waals surface area contributed by atoms with Gasteiger partial charge in [0.25, 0.3) is 0 Å². The lowest BCUT2D eigenvalue weighted by atomic mass is 10.1. The fraction of sp³-hybridized carbons (Fsp3) is 0.0769. The summed E-state index contributed by atoms with van der Waals surface area (Å²) in [6.45, 7) is 0.